The lowest BCUT2D eigenvalue weighted by Gasteiger charge is -1.98. The molecule has 2 aromatic heterocycles. The van der Waals surface area contributed by atoms with Gasteiger partial charge in [0.25, 0.3) is 0 Å². The van der Waals surface area contributed by atoms with Crippen LogP contribution in [-0.2, 0) is 12.8 Å². The van der Waals surface area contributed by atoms with E-state index in [1.807, 2.05) is 13.1 Å². The maximum atomic E-state index is 5.58. The quantitative estimate of drug-likeness (QED) is 0.885. The summed E-state index contributed by atoms with van der Waals surface area (Å²) in [6.07, 6.45) is 0. The second kappa shape index (κ2) is 4.54. The van der Waals surface area contributed by atoms with Gasteiger partial charge in [0.1, 0.15) is 0 Å². The van der Waals surface area contributed by atoms with Gasteiger partial charge >= 0.3 is 0 Å². The number of hydrogen-bond acceptors (Lipinski definition) is 5. The van der Waals surface area contributed by atoms with E-state index in [4.69, 9.17) is 5.73 Å². The smallest absolute Gasteiger partial charge is 0.222 e. The Morgan fingerprint density at radius 2 is 2.33 bits per heavy atom. The van der Waals surface area contributed by atoms with Crippen LogP contribution in [0.5, 0.6) is 0 Å². The number of nitrogens with zero attached hydrogens (tertiary/aromatic N) is 3. The van der Waals surface area contributed by atoms with Crippen LogP contribution in [-0.4, -0.2) is 14.8 Å². The molecule has 0 aliphatic carbocycles. The lowest BCUT2D eigenvalue weighted by molar-refractivity contribution is 0.796. The van der Waals surface area contributed by atoms with E-state index < -0.39 is 0 Å². The van der Waals surface area contributed by atoms with Gasteiger partial charge in [-0.05, 0) is 28.1 Å². The lowest BCUT2D eigenvalue weighted by atomic mass is 10.5. The average Bonchev–Trinajstić information content (AvgIpc) is 2.74. The van der Waals surface area contributed by atoms with Crippen LogP contribution in [0.25, 0.3) is 0 Å². The largest absolute Gasteiger partial charge is 0.368 e. The molecule has 0 bridgehead atoms. The first-order valence-corrected chi connectivity index (χ1v) is 6.78. The van der Waals surface area contributed by atoms with Crippen molar-refractivity contribution < 1.29 is 0 Å². The lowest BCUT2D eigenvalue weighted by Crippen LogP contribution is -1.97. The van der Waals surface area contributed by atoms with Crippen LogP contribution in [0.15, 0.2) is 21.1 Å². The predicted molar refractivity (Wildman–Crippen MR) is 67.0 cm³/mol. The van der Waals surface area contributed by atoms with E-state index in [1.165, 1.54) is 4.88 Å². The van der Waals surface area contributed by atoms with Crippen molar-refractivity contribution >= 4 is 45.0 Å². The van der Waals surface area contributed by atoms with Gasteiger partial charge in [-0.15, -0.1) is 21.5 Å². The summed E-state index contributed by atoms with van der Waals surface area (Å²) in [6, 6.07) is 4.15. The Labute approximate surface area is 104 Å². The fourth-order valence-electron chi connectivity index (χ4n) is 1.02. The normalized spacial score (nSPS) is 10.8. The fraction of sp³-hybridized carbons (Fsp3) is 0.250. The van der Waals surface area contributed by atoms with E-state index in [9.17, 15) is 0 Å². The van der Waals surface area contributed by atoms with Gasteiger partial charge < -0.3 is 5.73 Å². The summed E-state index contributed by atoms with van der Waals surface area (Å²) in [6.45, 7) is 0. The highest BCUT2D eigenvalue weighted by atomic mass is 79.9. The van der Waals surface area contributed by atoms with Gasteiger partial charge in [-0.3, -0.25) is 4.57 Å². The molecule has 2 rings (SSSR count). The third kappa shape index (κ3) is 2.53. The molecule has 2 aromatic rings. The van der Waals surface area contributed by atoms with Crippen molar-refractivity contribution in [2.45, 2.75) is 10.9 Å². The Hall–Kier alpha value is -0.530. The number of hydrogen-bond donors (Lipinski definition) is 1. The number of nitrogen functional groups attached to an aromatic ring is 1. The molecule has 0 spiro atoms. The summed E-state index contributed by atoms with van der Waals surface area (Å²) < 4.78 is 2.93. The second-order valence-electron chi connectivity index (χ2n) is 2.89. The van der Waals surface area contributed by atoms with E-state index in [0.29, 0.717) is 5.95 Å². The maximum Gasteiger partial charge on any atom is 0.222 e. The minimum absolute atomic E-state index is 0.449. The zero-order valence-electron chi connectivity index (χ0n) is 7.98. The van der Waals surface area contributed by atoms with Gasteiger partial charge in [-0.25, -0.2) is 0 Å². The van der Waals surface area contributed by atoms with Crippen LogP contribution >= 0.6 is 39.0 Å². The molecule has 0 aliphatic rings. The molecule has 0 aliphatic heterocycles. The van der Waals surface area contributed by atoms with Crippen molar-refractivity contribution in [3.63, 3.8) is 0 Å². The summed E-state index contributed by atoms with van der Waals surface area (Å²) in [5, 5.41) is 8.62. The summed E-state index contributed by atoms with van der Waals surface area (Å²) in [4.78, 5) is 1.30. The van der Waals surface area contributed by atoms with Crippen molar-refractivity contribution in [2.24, 2.45) is 7.05 Å². The highest BCUT2D eigenvalue weighted by molar-refractivity contribution is 9.11. The molecule has 15 heavy (non-hydrogen) atoms. The van der Waals surface area contributed by atoms with Crippen molar-refractivity contribution in [1.29, 1.82) is 0 Å². The van der Waals surface area contributed by atoms with Crippen LogP contribution in [0.3, 0.4) is 0 Å². The molecular weight excluding hydrogens is 296 g/mol. The fourth-order valence-corrected chi connectivity index (χ4v) is 3.46. The van der Waals surface area contributed by atoms with E-state index >= 15 is 0 Å². The van der Waals surface area contributed by atoms with Crippen molar-refractivity contribution in [3.8, 4) is 0 Å². The SMILES string of the molecule is Cn1c(N)nnc1SCc1ccc(Br)s1. The third-order valence-electron chi connectivity index (χ3n) is 1.84. The molecule has 80 valence electrons. The molecule has 0 fully saturated rings. The number of rotatable bonds is 3. The molecule has 0 saturated heterocycles. The standard InChI is InChI=1S/C8H9BrN4S2/c1-13-7(10)11-12-8(13)14-4-5-2-3-6(9)15-5/h2-3H,4H2,1H3,(H2,10,11). The number of halogens is 1. The van der Waals surface area contributed by atoms with Crippen molar-refractivity contribution in [2.75, 3.05) is 5.73 Å². The first-order chi connectivity index (χ1) is 7.16. The second-order valence-corrected chi connectivity index (χ2v) is 6.38. The first kappa shape index (κ1) is 11.0. The van der Waals surface area contributed by atoms with Crippen LogP contribution in [0.4, 0.5) is 5.95 Å². The number of anilines is 1. The molecule has 0 aromatic carbocycles. The molecule has 7 heteroatoms. The Morgan fingerprint density at radius 1 is 1.53 bits per heavy atom. The van der Waals surface area contributed by atoms with E-state index in [-0.39, 0.29) is 0 Å². The summed E-state index contributed by atoms with van der Waals surface area (Å²) in [5.74, 6) is 1.34. The van der Waals surface area contributed by atoms with Crippen molar-refractivity contribution in [3.05, 3.63) is 20.8 Å². The number of aromatic nitrogens is 3. The molecule has 2 N–H and O–H groups in total. The van der Waals surface area contributed by atoms with Gasteiger partial charge in [0.05, 0.1) is 3.79 Å². The van der Waals surface area contributed by atoms with Gasteiger partial charge in [-0.2, -0.15) is 0 Å². The summed E-state index contributed by atoms with van der Waals surface area (Å²) in [5.41, 5.74) is 5.58. The Bertz CT molecular complexity index is 465. The van der Waals surface area contributed by atoms with Gasteiger partial charge in [0.15, 0.2) is 5.16 Å². The first-order valence-electron chi connectivity index (χ1n) is 4.18. The Kier molecular flexibility index (Phi) is 3.32. The van der Waals surface area contributed by atoms with E-state index in [2.05, 4.69) is 32.2 Å². The number of nitrogens with two attached hydrogens (primary N) is 1. The highest BCUT2D eigenvalue weighted by Crippen LogP contribution is 2.28. The molecule has 0 unspecified atom stereocenters. The van der Waals surface area contributed by atoms with Crippen molar-refractivity contribution in [1.82, 2.24) is 14.8 Å². The van der Waals surface area contributed by atoms with Crippen LogP contribution in [0, 0.1) is 0 Å². The van der Waals surface area contributed by atoms with Crippen LogP contribution in [0.2, 0.25) is 0 Å². The zero-order valence-corrected chi connectivity index (χ0v) is 11.2. The van der Waals surface area contributed by atoms with Crippen LogP contribution < -0.4 is 5.73 Å². The molecule has 0 amide bonds. The van der Waals surface area contributed by atoms with E-state index in [0.717, 1.165) is 14.7 Å². The number of thiophene rings is 1. The molecule has 2 heterocycles. The van der Waals surface area contributed by atoms with Gasteiger partial charge in [0, 0.05) is 17.7 Å². The van der Waals surface area contributed by atoms with Gasteiger partial charge in [-0.1, -0.05) is 11.8 Å². The zero-order chi connectivity index (χ0) is 10.8. The summed E-state index contributed by atoms with van der Waals surface area (Å²) in [7, 11) is 1.86. The summed E-state index contributed by atoms with van der Waals surface area (Å²) >= 11 is 6.79. The molecule has 4 nitrogen and oxygen atoms in total. The molecule has 0 atom stereocenters. The molecular formula is C8H9BrN4S2. The topological polar surface area (TPSA) is 56.7 Å². The minimum Gasteiger partial charge on any atom is -0.368 e. The Morgan fingerprint density at radius 3 is 2.87 bits per heavy atom. The molecule has 0 radical (unpaired) electrons. The highest BCUT2D eigenvalue weighted by Gasteiger charge is 2.07. The third-order valence-corrected chi connectivity index (χ3v) is 4.72. The monoisotopic (exact) mass is 304 g/mol. The minimum atomic E-state index is 0.449. The van der Waals surface area contributed by atoms with Gasteiger partial charge in [0.2, 0.25) is 5.95 Å². The Balaban J connectivity index is 2.02. The average molecular weight is 305 g/mol. The maximum absolute atomic E-state index is 5.58. The van der Waals surface area contributed by atoms with E-state index in [1.54, 1.807) is 27.7 Å². The molecule has 0 saturated carbocycles. The number of thioether (sulfide) groups is 1. The van der Waals surface area contributed by atoms with Crippen LogP contribution in [0.1, 0.15) is 4.88 Å². The predicted octanol–water partition coefficient (Wildman–Crippen LogP) is 2.51.